The summed E-state index contributed by atoms with van der Waals surface area (Å²) in [6.45, 7) is 7.55. The molecule has 1 aliphatic heterocycles. The van der Waals surface area contributed by atoms with Gasteiger partial charge < -0.3 is 14.9 Å². The molecule has 2 heterocycles. The molecule has 0 bridgehead atoms. The number of piperazine rings is 1. The minimum atomic E-state index is -0.831. The number of phenols is 1. The number of carbonyl (C=O) groups is 1. The molecule has 1 unspecified atom stereocenters. The van der Waals surface area contributed by atoms with E-state index in [9.17, 15) is 14.3 Å². The van der Waals surface area contributed by atoms with Gasteiger partial charge in [0.05, 0.1) is 16.6 Å². The van der Waals surface area contributed by atoms with E-state index in [2.05, 4.69) is 28.7 Å². The summed E-state index contributed by atoms with van der Waals surface area (Å²) in [6.07, 6.45) is 1.70. The lowest BCUT2D eigenvalue weighted by atomic mass is 9.97. The Balaban J connectivity index is 1.85. The molecule has 2 aromatic carbocycles. The van der Waals surface area contributed by atoms with Crippen LogP contribution in [0.15, 0.2) is 30.6 Å². The first-order valence-electron chi connectivity index (χ1n) is 10.9. The summed E-state index contributed by atoms with van der Waals surface area (Å²) in [7, 11) is 0. The monoisotopic (exact) mass is 474 g/mol. The minimum absolute atomic E-state index is 0.0170. The van der Waals surface area contributed by atoms with Gasteiger partial charge in [-0.3, -0.25) is 4.79 Å². The third-order valence-electron chi connectivity index (χ3n) is 6.16. The van der Waals surface area contributed by atoms with Crippen molar-refractivity contribution >= 4 is 34.2 Å². The lowest BCUT2D eigenvalue weighted by Crippen LogP contribution is -2.57. The number of amides is 1. The molecule has 6 nitrogen and oxygen atoms in total. The number of rotatable bonds is 4. The number of carbonyl (C=O) groups excluding carboxylic acids is 1. The third-order valence-corrected chi connectivity index (χ3v) is 6.46. The molecule has 174 valence electrons. The Hall–Kier alpha value is -3.00. The number of hydrogen-bond donors (Lipinski definition) is 1. The number of anilines is 1. The van der Waals surface area contributed by atoms with Gasteiger partial charge in [0, 0.05) is 37.0 Å². The van der Waals surface area contributed by atoms with Crippen molar-refractivity contribution in [1.82, 2.24) is 14.9 Å². The van der Waals surface area contributed by atoms with Crippen molar-refractivity contribution in [2.24, 2.45) is 5.92 Å². The van der Waals surface area contributed by atoms with E-state index in [4.69, 9.17) is 11.6 Å². The summed E-state index contributed by atoms with van der Waals surface area (Å²) in [5.41, 5.74) is -0.575. The number of aromatic nitrogens is 2. The molecular weight excluding hydrogens is 450 g/mol. The molecule has 1 aliphatic rings. The number of nitrogens with zero attached hydrogens (tertiary/aromatic N) is 4. The van der Waals surface area contributed by atoms with Gasteiger partial charge in [0.15, 0.2) is 5.82 Å². The normalized spacial score (nSPS) is 16.6. The molecule has 0 radical (unpaired) electrons. The Morgan fingerprint density at radius 3 is 2.67 bits per heavy atom. The minimum Gasteiger partial charge on any atom is -0.507 e. The third kappa shape index (κ3) is 4.08. The quantitative estimate of drug-likeness (QED) is 0.575. The first-order valence-corrected chi connectivity index (χ1v) is 11.3. The zero-order chi connectivity index (χ0) is 23.9. The largest absolute Gasteiger partial charge is 0.507 e. The number of fused-ring (bicyclic) bond motifs is 1. The maximum atomic E-state index is 15.7. The molecule has 1 atom stereocenters. The Kier molecular flexibility index (Phi) is 6.38. The molecule has 1 amide bonds. The molecule has 0 aliphatic carbocycles. The van der Waals surface area contributed by atoms with Crippen LogP contribution in [0.1, 0.15) is 27.2 Å². The van der Waals surface area contributed by atoms with Crippen molar-refractivity contribution in [3.05, 3.63) is 47.2 Å². The SMILES string of the molecule is CCC(=O)N1CCN(c2ncnc3c(F)c(-c4c(O)cccc4F)c(Cl)cc23)C(C(C)C)C1. The standard InChI is InChI=1S/C24H25ClF2N4O2/c1-4-19(33)30-8-9-31(17(11-30)13(2)3)24-14-10-15(25)20(22(27)23(14)28-12-29-24)21-16(26)6-5-7-18(21)32/h5-7,10,12-13,17,32H,4,8-9,11H2,1-3H3. The summed E-state index contributed by atoms with van der Waals surface area (Å²) < 4.78 is 30.1. The predicted octanol–water partition coefficient (Wildman–Crippen LogP) is 5.02. The van der Waals surface area contributed by atoms with Crippen LogP contribution in [0.5, 0.6) is 5.75 Å². The van der Waals surface area contributed by atoms with Gasteiger partial charge in [-0.15, -0.1) is 0 Å². The summed E-state index contributed by atoms with van der Waals surface area (Å²) in [5.74, 6) is -1.24. The van der Waals surface area contributed by atoms with Gasteiger partial charge in [-0.05, 0) is 24.1 Å². The second kappa shape index (κ2) is 9.09. The molecule has 1 fully saturated rings. The fourth-order valence-corrected chi connectivity index (χ4v) is 4.71. The highest BCUT2D eigenvalue weighted by molar-refractivity contribution is 6.34. The zero-order valence-corrected chi connectivity index (χ0v) is 19.4. The molecule has 0 saturated carbocycles. The molecule has 9 heteroatoms. The number of hydrogen-bond acceptors (Lipinski definition) is 5. The number of aromatic hydroxyl groups is 1. The van der Waals surface area contributed by atoms with Crippen molar-refractivity contribution in [2.45, 2.75) is 33.2 Å². The smallest absolute Gasteiger partial charge is 0.222 e. The first-order chi connectivity index (χ1) is 15.7. The van der Waals surface area contributed by atoms with Gasteiger partial charge >= 0.3 is 0 Å². The number of phenolic OH excluding ortho intramolecular Hbond substituents is 1. The van der Waals surface area contributed by atoms with Crippen LogP contribution in [-0.4, -0.2) is 51.6 Å². The Morgan fingerprint density at radius 2 is 2.00 bits per heavy atom. The average Bonchev–Trinajstić information content (AvgIpc) is 2.79. The van der Waals surface area contributed by atoms with Crippen molar-refractivity contribution in [1.29, 1.82) is 0 Å². The van der Waals surface area contributed by atoms with E-state index >= 15 is 4.39 Å². The van der Waals surface area contributed by atoms with Crippen molar-refractivity contribution in [3.63, 3.8) is 0 Å². The molecule has 1 saturated heterocycles. The Labute approximate surface area is 195 Å². The molecule has 4 rings (SSSR count). The summed E-state index contributed by atoms with van der Waals surface area (Å²) in [6, 6.07) is 5.21. The fourth-order valence-electron chi connectivity index (χ4n) is 4.43. The van der Waals surface area contributed by atoms with Crippen molar-refractivity contribution in [3.8, 4) is 16.9 Å². The summed E-state index contributed by atoms with van der Waals surface area (Å²) >= 11 is 6.44. The highest BCUT2D eigenvalue weighted by Gasteiger charge is 2.33. The van der Waals surface area contributed by atoms with Gasteiger partial charge in [-0.25, -0.2) is 18.7 Å². The summed E-state index contributed by atoms with van der Waals surface area (Å²) in [5, 5.41) is 10.5. The molecule has 0 spiro atoms. The molecular formula is C24H25ClF2N4O2. The molecule has 33 heavy (non-hydrogen) atoms. The Bertz CT molecular complexity index is 1200. The average molecular weight is 475 g/mol. The van der Waals surface area contributed by atoms with E-state index in [0.29, 0.717) is 37.3 Å². The van der Waals surface area contributed by atoms with E-state index in [1.807, 2.05) is 11.8 Å². The highest BCUT2D eigenvalue weighted by Crippen LogP contribution is 2.42. The highest BCUT2D eigenvalue weighted by atomic mass is 35.5. The van der Waals surface area contributed by atoms with Crippen LogP contribution < -0.4 is 4.90 Å². The van der Waals surface area contributed by atoms with Gasteiger partial charge in [0.1, 0.15) is 29.2 Å². The maximum Gasteiger partial charge on any atom is 0.222 e. The van der Waals surface area contributed by atoms with Crippen LogP contribution in [-0.2, 0) is 4.79 Å². The van der Waals surface area contributed by atoms with E-state index < -0.39 is 17.4 Å². The van der Waals surface area contributed by atoms with Crippen LogP contribution in [0.2, 0.25) is 5.02 Å². The zero-order valence-electron chi connectivity index (χ0n) is 18.6. The lowest BCUT2D eigenvalue weighted by molar-refractivity contribution is -0.131. The van der Waals surface area contributed by atoms with Crippen LogP contribution in [0, 0.1) is 17.6 Å². The van der Waals surface area contributed by atoms with Crippen LogP contribution in [0.25, 0.3) is 22.0 Å². The number of halogens is 3. The van der Waals surface area contributed by atoms with Crippen molar-refractivity contribution in [2.75, 3.05) is 24.5 Å². The molecule has 3 aromatic rings. The van der Waals surface area contributed by atoms with E-state index in [1.165, 1.54) is 24.5 Å². The predicted molar refractivity (Wildman–Crippen MR) is 124 cm³/mol. The van der Waals surface area contributed by atoms with E-state index in [1.54, 1.807) is 0 Å². The van der Waals surface area contributed by atoms with E-state index in [0.717, 1.165) is 6.07 Å². The maximum absolute atomic E-state index is 15.7. The van der Waals surface area contributed by atoms with Gasteiger partial charge in [-0.2, -0.15) is 0 Å². The summed E-state index contributed by atoms with van der Waals surface area (Å²) in [4.78, 5) is 24.7. The second-order valence-electron chi connectivity index (χ2n) is 8.47. The lowest BCUT2D eigenvalue weighted by Gasteiger charge is -2.44. The van der Waals surface area contributed by atoms with Crippen LogP contribution in [0.3, 0.4) is 0 Å². The second-order valence-corrected chi connectivity index (χ2v) is 8.88. The molecule has 1 N–H and O–H groups in total. The van der Waals surface area contributed by atoms with E-state index in [-0.39, 0.29) is 39.5 Å². The number of benzene rings is 2. The van der Waals surface area contributed by atoms with Crippen LogP contribution in [0.4, 0.5) is 14.6 Å². The molecule has 1 aromatic heterocycles. The Morgan fingerprint density at radius 1 is 1.24 bits per heavy atom. The first kappa shape index (κ1) is 23.2. The van der Waals surface area contributed by atoms with Crippen molar-refractivity contribution < 1.29 is 18.7 Å². The van der Waals surface area contributed by atoms with Gasteiger partial charge in [0.2, 0.25) is 5.91 Å². The topological polar surface area (TPSA) is 69.6 Å². The fraction of sp³-hybridized carbons (Fsp3) is 0.375. The van der Waals surface area contributed by atoms with Crippen LogP contribution >= 0.6 is 11.6 Å². The van der Waals surface area contributed by atoms with Gasteiger partial charge in [-0.1, -0.05) is 38.4 Å². The van der Waals surface area contributed by atoms with Gasteiger partial charge in [0.25, 0.3) is 0 Å².